The predicted octanol–water partition coefficient (Wildman–Crippen LogP) is 4.96. The van der Waals surface area contributed by atoms with Gasteiger partial charge < -0.3 is 0 Å². The molecule has 0 aromatic rings. The molecule has 0 spiro atoms. The second kappa shape index (κ2) is 10.1. The molecule has 96 valence electrons. The van der Waals surface area contributed by atoms with Crippen LogP contribution in [0.4, 0.5) is 0 Å². The van der Waals surface area contributed by atoms with E-state index in [0.29, 0.717) is 12.0 Å². The minimum absolute atomic E-state index is 0.377. The Hall–Kier alpha value is -1.11. The SMILES string of the molecule is C=CCCCC=CCC(N=CC(=C)C)C(C)C. The van der Waals surface area contributed by atoms with Crippen molar-refractivity contribution in [2.24, 2.45) is 10.9 Å². The van der Waals surface area contributed by atoms with Gasteiger partial charge in [-0.05, 0) is 44.1 Å². The molecular formula is C16H27N. The Kier molecular flexibility index (Phi) is 9.41. The lowest BCUT2D eigenvalue weighted by atomic mass is 10.0. The molecule has 0 N–H and O–H groups in total. The second-order valence-corrected chi connectivity index (χ2v) is 4.86. The highest BCUT2D eigenvalue weighted by atomic mass is 14.8. The molecule has 0 aliphatic rings. The van der Waals surface area contributed by atoms with Gasteiger partial charge in [-0.15, -0.1) is 6.58 Å². The van der Waals surface area contributed by atoms with E-state index in [-0.39, 0.29) is 0 Å². The first-order valence-electron chi connectivity index (χ1n) is 6.52. The fourth-order valence-electron chi connectivity index (χ4n) is 1.46. The van der Waals surface area contributed by atoms with Crippen LogP contribution in [-0.2, 0) is 0 Å². The Morgan fingerprint density at radius 2 is 1.94 bits per heavy atom. The van der Waals surface area contributed by atoms with Crippen molar-refractivity contribution in [2.75, 3.05) is 0 Å². The molecule has 0 aliphatic heterocycles. The lowest BCUT2D eigenvalue weighted by Gasteiger charge is -2.14. The molecule has 1 atom stereocenters. The quantitative estimate of drug-likeness (QED) is 0.303. The molecule has 0 radical (unpaired) electrons. The number of aliphatic imine (C=N–C) groups is 1. The Morgan fingerprint density at radius 3 is 2.47 bits per heavy atom. The lowest BCUT2D eigenvalue weighted by Crippen LogP contribution is -2.12. The van der Waals surface area contributed by atoms with Crippen molar-refractivity contribution in [2.45, 2.75) is 52.5 Å². The highest BCUT2D eigenvalue weighted by Gasteiger charge is 2.08. The normalized spacial score (nSPS) is 13.6. The van der Waals surface area contributed by atoms with Gasteiger partial charge in [0.05, 0.1) is 6.04 Å². The van der Waals surface area contributed by atoms with Crippen molar-refractivity contribution >= 4 is 6.21 Å². The molecule has 17 heavy (non-hydrogen) atoms. The highest BCUT2D eigenvalue weighted by molar-refractivity contribution is 5.76. The zero-order chi connectivity index (χ0) is 13.1. The van der Waals surface area contributed by atoms with Crippen molar-refractivity contribution in [1.29, 1.82) is 0 Å². The zero-order valence-corrected chi connectivity index (χ0v) is 11.7. The van der Waals surface area contributed by atoms with E-state index in [9.17, 15) is 0 Å². The van der Waals surface area contributed by atoms with Crippen molar-refractivity contribution in [1.82, 2.24) is 0 Å². The molecular weight excluding hydrogens is 206 g/mol. The second-order valence-electron chi connectivity index (χ2n) is 4.86. The molecule has 0 saturated heterocycles. The number of rotatable bonds is 9. The smallest absolute Gasteiger partial charge is 0.0556 e. The Morgan fingerprint density at radius 1 is 1.24 bits per heavy atom. The third kappa shape index (κ3) is 9.80. The summed E-state index contributed by atoms with van der Waals surface area (Å²) in [7, 11) is 0. The van der Waals surface area contributed by atoms with Gasteiger partial charge in [0, 0.05) is 6.21 Å². The Balaban J connectivity index is 4.00. The molecule has 0 saturated carbocycles. The minimum atomic E-state index is 0.377. The van der Waals surface area contributed by atoms with E-state index in [1.807, 2.05) is 19.2 Å². The van der Waals surface area contributed by atoms with Crippen LogP contribution in [0.5, 0.6) is 0 Å². The first-order valence-corrected chi connectivity index (χ1v) is 6.52. The average Bonchev–Trinajstić information content (AvgIpc) is 2.26. The number of unbranched alkanes of at least 4 members (excludes halogenated alkanes) is 2. The van der Waals surface area contributed by atoms with Gasteiger partial charge in [-0.3, -0.25) is 4.99 Å². The van der Waals surface area contributed by atoms with E-state index < -0.39 is 0 Å². The van der Waals surface area contributed by atoms with Gasteiger partial charge in [0.25, 0.3) is 0 Å². The topological polar surface area (TPSA) is 12.4 Å². The minimum Gasteiger partial charge on any atom is -0.289 e. The van der Waals surface area contributed by atoms with Crippen LogP contribution in [0, 0.1) is 5.92 Å². The third-order valence-corrected chi connectivity index (χ3v) is 2.58. The summed E-state index contributed by atoms with van der Waals surface area (Å²) in [6.45, 7) is 14.0. The highest BCUT2D eigenvalue weighted by Crippen LogP contribution is 2.12. The van der Waals surface area contributed by atoms with E-state index >= 15 is 0 Å². The van der Waals surface area contributed by atoms with Crippen LogP contribution >= 0.6 is 0 Å². The summed E-state index contributed by atoms with van der Waals surface area (Å²) in [5.41, 5.74) is 1.02. The molecule has 0 aromatic heterocycles. The fraction of sp³-hybridized carbons (Fsp3) is 0.562. The van der Waals surface area contributed by atoms with E-state index in [1.165, 1.54) is 6.42 Å². The number of hydrogen-bond donors (Lipinski definition) is 0. The molecule has 0 heterocycles. The molecule has 0 bridgehead atoms. The summed E-state index contributed by atoms with van der Waals surface area (Å²) in [4.78, 5) is 4.56. The van der Waals surface area contributed by atoms with Crippen LogP contribution in [0.15, 0.2) is 42.0 Å². The monoisotopic (exact) mass is 233 g/mol. The number of allylic oxidation sites excluding steroid dienone is 3. The summed E-state index contributed by atoms with van der Waals surface area (Å²) >= 11 is 0. The van der Waals surface area contributed by atoms with Gasteiger partial charge in [-0.25, -0.2) is 0 Å². The number of nitrogens with zero attached hydrogens (tertiary/aromatic N) is 1. The predicted molar refractivity (Wildman–Crippen MR) is 79.7 cm³/mol. The van der Waals surface area contributed by atoms with E-state index in [2.05, 4.69) is 44.1 Å². The average molecular weight is 233 g/mol. The molecule has 0 fully saturated rings. The first-order chi connectivity index (χ1) is 8.07. The van der Waals surface area contributed by atoms with Crippen molar-refractivity contribution in [3.05, 3.63) is 37.0 Å². The molecule has 0 aromatic carbocycles. The molecule has 0 rings (SSSR count). The van der Waals surface area contributed by atoms with Gasteiger partial charge >= 0.3 is 0 Å². The largest absolute Gasteiger partial charge is 0.289 e. The maximum Gasteiger partial charge on any atom is 0.0556 e. The Bertz CT molecular complexity index is 271. The fourth-order valence-corrected chi connectivity index (χ4v) is 1.46. The van der Waals surface area contributed by atoms with Gasteiger partial charge in [-0.2, -0.15) is 0 Å². The molecule has 1 unspecified atom stereocenters. The summed E-state index contributed by atoms with van der Waals surface area (Å²) in [5, 5.41) is 0. The van der Waals surface area contributed by atoms with Gasteiger partial charge in [0.2, 0.25) is 0 Å². The van der Waals surface area contributed by atoms with Gasteiger partial charge in [0.15, 0.2) is 0 Å². The summed E-state index contributed by atoms with van der Waals surface area (Å²) in [5.74, 6) is 0.573. The standard InChI is InChI=1S/C16H27N/c1-6-7-8-9-10-11-12-16(15(4)5)17-13-14(2)3/h6,10-11,13,15-16H,1-2,7-9,12H2,3-5H3. The van der Waals surface area contributed by atoms with Crippen molar-refractivity contribution in [3.63, 3.8) is 0 Å². The van der Waals surface area contributed by atoms with E-state index in [0.717, 1.165) is 24.8 Å². The lowest BCUT2D eigenvalue weighted by molar-refractivity contribution is 0.501. The molecule has 0 aliphatic carbocycles. The van der Waals surface area contributed by atoms with Crippen LogP contribution in [0.3, 0.4) is 0 Å². The summed E-state index contributed by atoms with van der Waals surface area (Å²) in [6, 6.07) is 0.377. The van der Waals surface area contributed by atoms with E-state index in [4.69, 9.17) is 0 Å². The number of hydrogen-bond acceptors (Lipinski definition) is 1. The van der Waals surface area contributed by atoms with Crippen LogP contribution in [0.2, 0.25) is 0 Å². The van der Waals surface area contributed by atoms with Crippen LogP contribution < -0.4 is 0 Å². The van der Waals surface area contributed by atoms with Crippen LogP contribution in [0.25, 0.3) is 0 Å². The molecule has 0 amide bonds. The molecule has 1 nitrogen and oxygen atoms in total. The Labute approximate surface area is 107 Å². The van der Waals surface area contributed by atoms with Crippen molar-refractivity contribution < 1.29 is 0 Å². The molecule has 1 heteroatoms. The van der Waals surface area contributed by atoms with Crippen LogP contribution in [0.1, 0.15) is 46.5 Å². The van der Waals surface area contributed by atoms with Gasteiger partial charge in [-0.1, -0.05) is 38.7 Å². The van der Waals surface area contributed by atoms with Crippen LogP contribution in [-0.4, -0.2) is 12.3 Å². The summed E-state index contributed by atoms with van der Waals surface area (Å²) in [6.07, 6.45) is 12.8. The third-order valence-electron chi connectivity index (χ3n) is 2.58. The zero-order valence-electron chi connectivity index (χ0n) is 11.7. The maximum absolute atomic E-state index is 4.56. The first kappa shape index (κ1) is 15.9. The van der Waals surface area contributed by atoms with Gasteiger partial charge in [0.1, 0.15) is 0 Å². The summed E-state index contributed by atoms with van der Waals surface area (Å²) < 4.78 is 0. The van der Waals surface area contributed by atoms with E-state index in [1.54, 1.807) is 0 Å². The maximum atomic E-state index is 4.56. The van der Waals surface area contributed by atoms with Crippen molar-refractivity contribution in [3.8, 4) is 0 Å².